The van der Waals surface area contributed by atoms with Crippen LogP contribution in [0, 0.1) is 11.8 Å². The minimum atomic E-state index is -1.09. The van der Waals surface area contributed by atoms with Gasteiger partial charge in [-0.1, -0.05) is 19.1 Å². The summed E-state index contributed by atoms with van der Waals surface area (Å²) in [5.74, 6) is -2.07. The van der Waals surface area contributed by atoms with Gasteiger partial charge in [0.25, 0.3) is 0 Å². The lowest BCUT2D eigenvalue weighted by Crippen LogP contribution is -2.60. The van der Waals surface area contributed by atoms with Gasteiger partial charge in [-0.25, -0.2) is 0 Å². The minimum absolute atomic E-state index is 0.0197. The fraction of sp³-hybridized carbons (Fsp3) is 0.731. The molecule has 1 spiro atoms. The summed E-state index contributed by atoms with van der Waals surface area (Å²) in [6.45, 7) is 18.3. The lowest BCUT2D eigenvalue weighted by atomic mass is 9.66. The van der Waals surface area contributed by atoms with Crippen molar-refractivity contribution in [1.82, 2.24) is 14.7 Å². The van der Waals surface area contributed by atoms with Crippen LogP contribution in [0.2, 0.25) is 0 Å². The smallest absolute Gasteiger partial charge is 0.249 e. The Kier molecular flexibility index (Phi) is 7.35. The lowest BCUT2D eigenvalue weighted by Gasteiger charge is -2.42. The highest BCUT2D eigenvalue weighted by molar-refractivity contribution is 5.99. The van der Waals surface area contributed by atoms with Crippen LogP contribution in [-0.4, -0.2) is 93.1 Å². The van der Waals surface area contributed by atoms with Crippen LogP contribution < -0.4 is 0 Å². The summed E-state index contributed by atoms with van der Waals surface area (Å²) in [4.78, 5) is 46.6. The Morgan fingerprint density at radius 2 is 1.85 bits per heavy atom. The number of nitrogens with zero attached hydrogens (tertiary/aromatic N) is 3. The normalized spacial score (nSPS) is 32.0. The number of hydrogen-bond acceptors (Lipinski definition) is 5. The molecule has 2 bridgehead atoms. The molecule has 1 N–H and O–H groups in total. The highest BCUT2D eigenvalue weighted by atomic mass is 16.5. The molecule has 0 aliphatic carbocycles. The van der Waals surface area contributed by atoms with E-state index in [1.165, 1.54) is 4.90 Å². The molecule has 3 aliphatic heterocycles. The van der Waals surface area contributed by atoms with E-state index < -0.39 is 34.6 Å². The van der Waals surface area contributed by atoms with Crippen molar-refractivity contribution in [2.24, 2.45) is 11.8 Å². The van der Waals surface area contributed by atoms with Crippen LogP contribution in [-0.2, 0) is 19.1 Å². The second-order valence-electron chi connectivity index (χ2n) is 11.0. The van der Waals surface area contributed by atoms with E-state index in [4.69, 9.17) is 4.74 Å². The molecule has 8 nitrogen and oxygen atoms in total. The Hall–Kier alpha value is -2.19. The number of rotatable bonds is 10. The molecule has 34 heavy (non-hydrogen) atoms. The number of fused-ring (bicyclic) bond motifs is 1. The molecule has 8 heteroatoms. The number of carbonyl (C=O) groups excluding carboxylic acids is 3. The summed E-state index contributed by atoms with van der Waals surface area (Å²) in [5, 5.41) is 9.77. The van der Waals surface area contributed by atoms with Crippen LogP contribution in [0.15, 0.2) is 25.3 Å². The summed E-state index contributed by atoms with van der Waals surface area (Å²) < 4.78 is 6.64. The van der Waals surface area contributed by atoms with Gasteiger partial charge in [0.05, 0.1) is 24.0 Å². The first-order valence-corrected chi connectivity index (χ1v) is 12.4. The first-order valence-electron chi connectivity index (χ1n) is 12.4. The lowest BCUT2D eigenvalue weighted by molar-refractivity contribution is -0.156. The molecule has 3 amide bonds. The van der Waals surface area contributed by atoms with Gasteiger partial charge in [-0.3, -0.25) is 14.4 Å². The largest absolute Gasteiger partial charge is 0.395 e. The fourth-order valence-electron chi connectivity index (χ4n) is 6.31. The van der Waals surface area contributed by atoms with E-state index in [9.17, 15) is 19.5 Å². The number of aliphatic hydroxyl groups is 1. The Morgan fingerprint density at radius 1 is 1.21 bits per heavy atom. The van der Waals surface area contributed by atoms with Gasteiger partial charge in [-0.15, -0.1) is 13.2 Å². The Morgan fingerprint density at radius 3 is 2.38 bits per heavy atom. The maximum absolute atomic E-state index is 14.1. The number of likely N-dealkylation sites (tertiary alicyclic amines) is 1. The van der Waals surface area contributed by atoms with Crippen molar-refractivity contribution in [2.75, 3.05) is 32.8 Å². The van der Waals surface area contributed by atoms with Crippen molar-refractivity contribution in [1.29, 1.82) is 0 Å². The quantitative estimate of drug-likeness (QED) is 0.488. The average molecular weight is 476 g/mol. The van der Waals surface area contributed by atoms with Gasteiger partial charge in [-0.05, 0) is 47.0 Å². The van der Waals surface area contributed by atoms with Gasteiger partial charge in [0.15, 0.2) is 0 Å². The Labute approximate surface area is 203 Å². The van der Waals surface area contributed by atoms with Crippen molar-refractivity contribution >= 4 is 17.7 Å². The van der Waals surface area contributed by atoms with Crippen LogP contribution in [0.3, 0.4) is 0 Å². The molecule has 3 heterocycles. The second kappa shape index (κ2) is 9.46. The van der Waals surface area contributed by atoms with E-state index >= 15 is 0 Å². The van der Waals surface area contributed by atoms with Crippen molar-refractivity contribution in [3.8, 4) is 0 Å². The zero-order valence-electron chi connectivity index (χ0n) is 21.4. The molecule has 0 saturated carbocycles. The molecule has 3 aliphatic rings. The van der Waals surface area contributed by atoms with Crippen molar-refractivity contribution < 1.29 is 24.2 Å². The number of ether oxygens (including phenoxy) is 1. The fourth-order valence-corrected chi connectivity index (χ4v) is 6.31. The molecule has 3 rings (SSSR count). The molecule has 3 fully saturated rings. The maximum atomic E-state index is 14.1. The van der Waals surface area contributed by atoms with E-state index in [1.807, 2.05) is 34.6 Å². The van der Waals surface area contributed by atoms with E-state index in [0.29, 0.717) is 32.5 Å². The molecule has 190 valence electrons. The van der Waals surface area contributed by atoms with Crippen molar-refractivity contribution in [3.05, 3.63) is 25.3 Å². The zero-order chi connectivity index (χ0) is 25.5. The summed E-state index contributed by atoms with van der Waals surface area (Å²) >= 11 is 0. The van der Waals surface area contributed by atoms with Gasteiger partial charge in [-0.2, -0.15) is 0 Å². The minimum Gasteiger partial charge on any atom is -0.395 e. The summed E-state index contributed by atoms with van der Waals surface area (Å²) in [5.41, 5.74) is -2.42. The topological polar surface area (TPSA) is 90.4 Å². The highest BCUT2D eigenvalue weighted by Gasteiger charge is 2.78. The summed E-state index contributed by atoms with van der Waals surface area (Å²) in [7, 11) is 0. The van der Waals surface area contributed by atoms with Gasteiger partial charge in [0.1, 0.15) is 11.6 Å². The number of aliphatic hydroxyl groups excluding tert-OH is 1. The average Bonchev–Trinajstić information content (AvgIpc) is 3.32. The van der Waals surface area contributed by atoms with Gasteiger partial charge in [0.2, 0.25) is 17.7 Å². The maximum Gasteiger partial charge on any atom is 0.249 e. The molecule has 0 radical (unpaired) electrons. The molecule has 3 saturated heterocycles. The summed E-state index contributed by atoms with van der Waals surface area (Å²) in [6, 6.07) is -0.894. The summed E-state index contributed by atoms with van der Waals surface area (Å²) in [6.07, 6.45) is 5.26. The van der Waals surface area contributed by atoms with Gasteiger partial charge in [0, 0.05) is 31.7 Å². The third-order valence-electron chi connectivity index (χ3n) is 7.66. The van der Waals surface area contributed by atoms with E-state index in [2.05, 4.69) is 13.2 Å². The van der Waals surface area contributed by atoms with Crippen molar-refractivity contribution in [2.45, 2.75) is 76.7 Å². The standard InChI is InChI=1S/C26H41N3O5/c1-8-13-27(14-9-2)21(31)18-19-22(32)28(16-17-30)20(26(19)12-11-25(18,7)34-26)23(33)29(15-10-3)24(4,5)6/h8,10,18-20,30H,1,3,9,11-17H2,2,4-7H3/t18-,19+,20?,25+,26?/m1/s1. The SMILES string of the molecule is C=CCN(CCC)C(=O)[C@H]1[C@H]2C(=O)N(CCO)C(C(=O)N(CC=C)C(C)(C)C)C23CC[C@]1(C)O3. The van der Waals surface area contributed by atoms with Crippen LogP contribution in [0.5, 0.6) is 0 Å². The van der Waals surface area contributed by atoms with Gasteiger partial charge < -0.3 is 24.5 Å². The van der Waals surface area contributed by atoms with Crippen LogP contribution in [0.4, 0.5) is 0 Å². The Balaban J connectivity index is 2.09. The molecule has 2 unspecified atom stereocenters. The molecule has 0 aromatic heterocycles. The highest BCUT2D eigenvalue weighted by Crippen LogP contribution is 2.63. The third kappa shape index (κ3) is 3.98. The zero-order valence-corrected chi connectivity index (χ0v) is 21.4. The van der Waals surface area contributed by atoms with Crippen LogP contribution >= 0.6 is 0 Å². The van der Waals surface area contributed by atoms with E-state index in [1.54, 1.807) is 22.0 Å². The van der Waals surface area contributed by atoms with Crippen molar-refractivity contribution in [3.63, 3.8) is 0 Å². The predicted octanol–water partition coefficient (Wildman–Crippen LogP) is 1.98. The third-order valence-corrected chi connectivity index (χ3v) is 7.66. The monoisotopic (exact) mass is 475 g/mol. The van der Waals surface area contributed by atoms with Gasteiger partial charge >= 0.3 is 0 Å². The predicted molar refractivity (Wildman–Crippen MR) is 130 cm³/mol. The molecule has 5 atom stereocenters. The molecular weight excluding hydrogens is 434 g/mol. The molecule has 0 aromatic carbocycles. The Bertz CT molecular complexity index is 852. The molecule has 0 aromatic rings. The van der Waals surface area contributed by atoms with Crippen LogP contribution in [0.1, 0.15) is 53.9 Å². The number of hydrogen-bond donors (Lipinski definition) is 1. The second-order valence-corrected chi connectivity index (χ2v) is 11.0. The number of amides is 3. The molecular formula is C26H41N3O5. The first-order chi connectivity index (χ1) is 15.9. The van der Waals surface area contributed by atoms with Crippen LogP contribution in [0.25, 0.3) is 0 Å². The number of β-amino-alcohol motifs (C(OH)–C–C–N with tert-alkyl or cyclic N) is 1. The first kappa shape index (κ1) is 26.4. The van der Waals surface area contributed by atoms with E-state index in [-0.39, 0.29) is 30.9 Å². The number of carbonyl (C=O) groups is 3. The van der Waals surface area contributed by atoms with E-state index in [0.717, 1.165) is 6.42 Å².